The summed E-state index contributed by atoms with van der Waals surface area (Å²) in [6.45, 7) is 8.09. The first-order chi connectivity index (χ1) is 16.5. The molecule has 3 rings (SSSR count). The summed E-state index contributed by atoms with van der Waals surface area (Å²) in [7, 11) is 0. The Morgan fingerprint density at radius 1 is 0.886 bits per heavy atom. The van der Waals surface area contributed by atoms with E-state index in [9.17, 15) is 9.59 Å². The topological polar surface area (TPSA) is 49.4 Å². The summed E-state index contributed by atoms with van der Waals surface area (Å²) in [6, 6.07) is 22.1. The molecule has 0 aromatic heterocycles. The van der Waals surface area contributed by atoms with Crippen LogP contribution in [0.3, 0.4) is 0 Å². The number of nitrogens with one attached hydrogen (secondary N) is 1. The van der Waals surface area contributed by atoms with Crippen LogP contribution in [0, 0.1) is 6.92 Å². The summed E-state index contributed by atoms with van der Waals surface area (Å²) in [5.74, 6) is -0.415. The van der Waals surface area contributed by atoms with Gasteiger partial charge in [-0.3, -0.25) is 9.59 Å². The van der Waals surface area contributed by atoms with E-state index in [4.69, 9.17) is 23.2 Å². The molecule has 4 nitrogen and oxygen atoms in total. The first-order valence-electron chi connectivity index (χ1n) is 11.7. The second-order valence-electron chi connectivity index (χ2n) is 9.77. The van der Waals surface area contributed by atoms with E-state index < -0.39 is 11.6 Å². The number of carbonyl (C=O) groups is 2. The number of carbonyl (C=O) groups excluding carboxylic acids is 2. The minimum Gasteiger partial charge on any atom is -0.350 e. The molecule has 3 aromatic carbocycles. The fraction of sp³-hybridized carbons (Fsp3) is 0.310. The molecule has 0 aliphatic heterocycles. The van der Waals surface area contributed by atoms with Gasteiger partial charge in [-0.05, 0) is 62.1 Å². The Balaban J connectivity index is 2.04. The summed E-state index contributed by atoms with van der Waals surface area (Å²) in [4.78, 5) is 29.1. The summed E-state index contributed by atoms with van der Waals surface area (Å²) in [5.41, 5.74) is 3.11. The standard InChI is InChI=1S/C29H32Cl2N2O2/c1-20-11-8-9-14-22(20)19-33(27(34)18-23-24(30)15-10-16-25(23)31)26(28(35)32-29(2,3)4)17-21-12-6-5-7-13-21/h5-16,26H,17-19H2,1-4H3,(H,32,35)/t26-/m1/s1. The molecular weight excluding hydrogens is 479 g/mol. The average Bonchev–Trinajstić information content (AvgIpc) is 2.79. The van der Waals surface area contributed by atoms with E-state index in [0.29, 0.717) is 28.6 Å². The van der Waals surface area contributed by atoms with Gasteiger partial charge in [0.2, 0.25) is 11.8 Å². The number of amides is 2. The van der Waals surface area contributed by atoms with Gasteiger partial charge in [0.1, 0.15) is 6.04 Å². The van der Waals surface area contributed by atoms with Crippen LogP contribution in [-0.2, 0) is 29.0 Å². The van der Waals surface area contributed by atoms with Gasteiger partial charge in [-0.25, -0.2) is 0 Å². The Labute approximate surface area is 218 Å². The smallest absolute Gasteiger partial charge is 0.243 e. The van der Waals surface area contributed by atoms with Crippen LogP contribution in [0.5, 0.6) is 0 Å². The van der Waals surface area contributed by atoms with Gasteiger partial charge in [-0.2, -0.15) is 0 Å². The van der Waals surface area contributed by atoms with Crippen LogP contribution in [0.4, 0.5) is 0 Å². The fourth-order valence-corrected chi connectivity index (χ4v) is 4.46. The summed E-state index contributed by atoms with van der Waals surface area (Å²) >= 11 is 12.8. The molecule has 0 saturated carbocycles. The van der Waals surface area contributed by atoms with E-state index in [1.807, 2.05) is 82.3 Å². The van der Waals surface area contributed by atoms with Gasteiger partial charge in [0.25, 0.3) is 0 Å². The molecule has 0 heterocycles. The van der Waals surface area contributed by atoms with E-state index >= 15 is 0 Å². The van der Waals surface area contributed by atoms with E-state index in [0.717, 1.165) is 16.7 Å². The van der Waals surface area contributed by atoms with Crippen LogP contribution in [0.2, 0.25) is 10.0 Å². The third-order valence-corrected chi connectivity index (χ3v) is 6.47. The minimum atomic E-state index is -0.718. The number of benzene rings is 3. The highest BCUT2D eigenvalue weighted by atomic mass is 35.5. The summed E-state index contributed by atoms with van der Waals surface area (Å²) in [6.07, 6.45) is 0.384. The maximum atomic E-state index is 13.9. The third kappa shape index (κ3) is 7.58. The number of rotatable bonds is 8. The van der Waals surface area contributed by atoms with Crippen LogP contribution < -0.4 is 5.32 Å². The van der Waals surface area contributed by atoms with Gasteiger partial charge in [-0.1, -0.05) is 83.9 Å². The predicted octanol–water partition coefficient (Wildman–Crippen LogP) is 6.40. The number of hydrogen-bond donors (Lipinski definition) is 1. The van der Waals surface area contributed by atoms with E-state index in [2.05, 4.69) is 5.32 Å². The Morgan fingerprint density at radius 3 is 2.09 bits per heavy atom. The van der Waals surface area contributed by atoms with Crippen molar-refractivity contribution in [2.24, 2.45) is 0 Å². The number of aryl methyl sites for hydroxylation is 1. The molecule has 0 aliphatic carbocycles. The fourth-order valence-electron chi connectivity index (χ4n) is 3.93. The molecule has 0 fully saturated rings. The molecule has 0 saturated heterocycles. The van der Waals surface area contributed by atoms with Crippen molar-refractivity contribution in [3.8, 4) is 0 Å². The largest absolute Gasteiger partial charge is 0.350 e. The minimum absolute atomic E-state index is 0.00151. The maximum Gasteiger partial charge on any atom is 0.243 e. The lowest BCUT2D eigenvalue weighted by Crippen LogP contribution is -2.54. The molecule has 1 N–H and O–H groups in total. The molecule has 3 aromatic rings. The quantitative estimate of drug-likeness (QED) is 0.381. The van der Waals surface area contributed by atoms with Gasteiger partial charge in [0, 0.05) is 28.5 Å². The summed E-state index contributed by atoms with van der Waals surface area (Å²) < 4.78 is 0. The van der Waals surface area contributed by atoms with Crippen molar-refractivity contribution in [3.63, 3.8) is 0 Å². The van der Waals surface area contributed by atoms with Gasteiger partial charge < -0.3 is 10.2 Å². The van der Waals surface area contributed by atoms with Crippen molar-refractivity contribution < 1.29 is 9.59 Å². The zero-order valence-electron chi connectivity index (χ0n) is 20.6. The highest BCUT2D eigenvalue weighted by molar-refractivity contribution is 6.36. The van der Waals surface area contributed by atoms with Gasteiger partial charge >= 0.3 is 0 Å². The van der Waals surface area contributed by atoms with Crippen LogP contribution >= 0.6 is 23.2 Å². The Hall–Kier alpha value is -2.82. The first-order valence-corrected chi connectivity index (χ1v) is 12.4. The van der Waals surface area contributed by atoms with Crippen molar-refractivity contribution in [2.45, 2.75) is 58.7 Å². The monoisotopic (exact) mass is 510 g/mol. The van der Waals surface area contributed by atoms with Crippen molar-refractivity contribution >= 4 is 35.0 Å². The molecule has 1 atom stereocenters. The van der Waals surface area contributed by atoms with Gasteiger partial charge in [-0.15, -0.1) is 0 Å². The molecule has 0 radical (unpaired) electrons. The van der Waals surface area contributed by atoms with Crippen molar-refractivity contribution in [1.82, 2.24) is 10.2 Å². The Morgan fingerprint density at radius 2 is 1.49 bits per heavy atom. The average molecular weight is 511 g/mol. The SMILES string of the molecule is Cc1ccccc1CN(C(=O)Cc1c(Cl)cccc1Cl)[C@H](Cc1ccccc1)C(=O)NC(C)(C)C. The van der Waals surface area contributed by atoms with Crippen molar-refractivity contribution in [3.05, 3.63) is 105 Å². The molecule has 35 heavy (non-hydrogen) atoms. The molecule has 0 unspecified atom stereocenters. The van der Waals surface area contributed by atoms with E-state index in [1.165, 1.54) is 0 Å². The normalized spacial score (nSPS) is 12.2. The van der Waals surface area contributed by atoms with E-state index in [-0.39, 0.29) is 18.2 Å². The van der Waals surface area contributed by atoms with E-state index in [1.54, 1.807) is 23.1 Å². The van der Waals surface area contributed by atoms with Crippen LogP contribution in [-0.4, -0.2) is 28.3 Å². The summed E-state index contributed by atoms with van der Waals surface area (Å²) in [5, 5.41) is 3.94. The molecule has 2 amide bonds. The van der Waals surface area contributed by atoms with Crippen LogP contribution in [0.15, 0.2) is 72.8 Å². The molecule has 0 spiro atoms. The second kappa shape index (κ2) is 11.7. The van der Waals surface area contributed by atoms with Crippen molar-refractivity contribution in [1.29, 1.82) is 0 Å². The van der Waals surface area contributed by atoms with Gasteiger partial charge in [0.15, 0.2) is 0 Å². The molecule has 6 heteroatoms. The number of halogens is 2. The number of nitrogens with zero attached hydrogens (tertiary/aromatic N) is 1. The zero-order valence-corrected chi connectivity index (χ0v) is 22.2. The highest BCUT2D eigenvalue weighted by Gasteiger charge is 2.33. The number of hydrogen-bond acceptors (Lipinski definition) is 2. The molecule has 0 aliphatic rings. The highest BCUT2D eigenvalue weighted by Crippen LogP contribution is 2.26. The molecular formula is C29H32Cl2N2O2. The lowest BCUT2D eigenvalue weighted by molar-refractivity contribution is -0.141. The van der Waals surface area contributed by atoms with Crippen molar-refractivity contribution in [2.75, 3.05) is 0 Å². The van der Waals surface area contributed by atoms with Gasteiger partial charge in [0.05, 0.1) is 6.42 Å². The first kappa shape index (κ1) is 26.8. The Bertz CT molecular complexity index is 1150. The molecule has 184 valence electrons. The van der Waals surface area contributed by atoms with Crippen LogP contribution in [0.1, 0.15) is 43.0 Å². The lowest BCUT2D eigenvalue weighted by atomic mass is 9.99. The molecule has 0 bridgehead atoms. The third-order valence-electron chi connectivity index (χ3n) is 5.76. The van der Waals surface area contributed by atoms with Crippen LogP contribution in [0.25, 0.3) is 0 Å². The Kier molecular flexibility index (Phi) is 8.98. The predicted molar refractivity (Wildman–Crippen MR) is 144 cm³/mol. The second-order valence-corrected chi connectivity index (χ2v) is 10.6. The zero-order chi connectivity index (χ0) is 25.6. The lowest BCUT2D eigenvalue weighted by Gasteiger charge is -2.34. The maximum absolute atomic E-state index is 13.9.